The number of sulfonamides is 1. The summed E-state index contributed by atoms with van der Waals surface area (Å²) in [6.45, 7) is 3.31. The lowest BCUT2D eigenvalue weighted by Crippen LogP contribution is -2.47. The molecule has 0 saturated heterocycles. The van der Waals surface area contributed by atoms with Gasteiger partial charge in [0.15, 0.2) is 11.1 Å². The first-order chi connectivity index (χ1) is 11.6. The van der Waals surface area contributed by atoms with Crippen molar-refractivity contribution in [2.24, 2.45) is 0 Å². The summed E-state index contributed by atoms with van der Waals surface area (Å²) in [5.74, 6) is -0.346. The fraction of sp³-hybridized carbons (Fsp3) is 0.400. The van der Waals surface area contributed by atoms with Crippen LogP contribution in [0.2, 0.25) is 0 Å². The second-order valence-electron chi connectivity index (χ2n) is 5.34. The lowest BCUT2D eigenvalue weighted by atomic mass is 9.92. The second-order valence-corrected chi connectivity index (χ2v) is 10.2. The molecule has 0 bridgehead atoms. The SMILES string of the molecule is CCOP(=O)(OCC)C1(NS(C)(=O)=O)C=C(Br)C(=O)c2ccccc21. The van der Waals surface area contributed by atoms with Crippen molar-refractivity contribution in [2.45, 2.75) is 19.1 Å². The van der Waals surface area contributed by atoms with Gasteiger partial charge in [-0.05, 0) is 35.9 Å². The average molecular weight is 452 g/mol. The number of nitrogens with one attached hydrogen (secondary N) is 1. The molecule has 1 aliphatic carbocycles. The molecule has 0 saturated carbocycles. The molecule has 1 aliphatic rings. The van der Waals surface area contributed by atoms with E-state index in [1.165, 1.54) is 18.2 Å². The fourth-order valence-electron chi connectivity index (χ4n) is 2.70. The first-order valence-corrected chi connectivity index (χ1v) is 11.7. The van der Waals surface area contributed by atoms with Crippen LogP contribution in [0.25, 0.3) is 0 Å². The Morgan fingerprint density at radius 1 is 1.20 bits per heavy atom. The number of halogens is 1. The first-order valence-electron chi connectivity index (χ1n) is 7.51. The van der Waals surface area contributed by atoms with Gasteiger partial charge in [-0.3, -0.25) is 9.36 Å². The molecule has 0 aromatic heterocycles. The Morgan fingerprint density at radius 2 is 1.76 bits per heavy atom. The van der Waals surface area contributed by atoms with Crippen molar-refractivity contribution in [1.82, 2.24) is 4.72 Å². The van der Waals surface area contributed by atoms with Gasteiger partial charge < -0.3 is 9.05 Å². The van der Waals surface area contributed by atoms with Crippen molar-refractivity contribution in [3.8, 4) is 0 Å². The minimum Gasteiger partial charge on any atom is -0.307 e. The van der Waals surface area contributed by atoms with Gasteiger partial charge in [0.25, 0.3) is 0 Å². The Balaban J connectivity index is 2.89. The van der Waals surface area contributed by atoms with Crippen molar-refractivity contribution >= 4 is 39.3 Å². The highest BCUT2D eigenvalue weighted by Crippen LogP contribution is 2.66. The number of rotatable bonds is 7. The van der Waals surface area contributed by atoms with E-state index in [0.29, 0.717) is 0 Å². The normalized spacial score (nSPS) is 21.0. The van der Waals surface area contributed by atoms with E-state index in [9.17, 15) is 17.8 Å². The van der Waals surface area contributed by atoms with Gasteiger partial charge in [-0.25, -0.2) is 8.42 Å². The summed E-state index contributed by atoms with van der Waals surface area (Å²) in [6, 6.07) is 6.33. The lowest BCUT2D eigenvalue weighted by Gasteiger charge is -2.39. The molecule has 1 unspecified atom stereocenters. The Hall–Kier alpha value is -0.830. The third-order valence-corrected chi connectivity index (χ3v) is 7.48. The van der Waals surface area contributed by atoms with E-state index in [-0.39, 0.29) is 34.6 Å². The summed E-state index contributed by atoms with van der Waals surface area (Å²) in [4.78, 5) is 12.4. The van der Waals surface area contributed by atoms with Gasteiger partial charge in [0.1, 0.15) is 0 Å². The quantitative estimate of drug-likeness (QED) is 0.639. The molecule has 0 fully saturated rings. The van der Waals surface area contributed by atoms with Gasteiger partial charge in [-0.15, -0.1) is 0 Å². The molecule has 0 radical (unpaired) electrons. The highest BCUT2D eigenvalue weighted by atomic mass is 79.9. The van der Waals surface area contributed by atoms with E-state index in [4.69, 9.17) is 9.05 Å². The molecule has 1 N–H and O–H groups in total. The van der Waals surface area contributed by atoms with E-state index >= 15 is 0 Å². The van der Waals surface area contributed by atoms with Gasteiger partial charge in [0.2, 0.25) is 10.0 Å². The summed E-state index contributed by atoms with van der Waals surface area (Å²) in [7, 11) is -7.91. The summed E-state index contributed by atoms with van der Waals surface area (Å²) >= 11 is 3.15. The van der Waals surface area contributed by atoms with Crippen molar-refractivity contribution in [2.75, 3.05) is 19.5 Å². The Kier molecular flexibility index (Phi) is 6.08. The van der Waals surface area contributed by atoms with Gasteiger partial charge in [-0.1, -0.05) is 24.3 Å². The molecule has 138 valence electrons. The molecule has 0 spiro atoms. The highest BCUT2D eigenvalue weighted by Gasteiger charge is 2.56. The van der Waals surface area contributed by atoms with Crippen molar-refractivity contribution in [1.29, 1.82) is 0 Å². The first kappa shape index (κ1) is 20.5. The zero-order valence-corrected chi connectivity index (χ0v) is 17.3. The predicted molar refractivity (Wildman–Crippen MR) is 98.3 cm³/mol. The lowest BCUT2D eigenvalue weighted by molar-refractivity contribution is 0.103. The third kappa shape index (κ3) is 3.82. The van der Waals surface area contributed by atoms with Gasteiger partial charge in [0, 0.05) is 11.1 Å². The molecule has 10 heteroatoms. The van der Waals surface area contributed by atoms with Crippen LogP contribution in [-0.2, 0) is 28.9 Å². The van der Waals surface area contributed by atoms with Crippen LogP contribution in [0, 0.1) is 0 Å². The van der Waals surface area contributed by atoms with E-state index in [2.05, 4.69) is 20.7 Å². The summed E-state index contributed by atoms with van der Waals surface area (Å²) in [5, 5.41) is -1.85. The molecule has 1 aromatic carbocycles. The number of Topliss-reactive ketones (excluding diaryl/α,β-unsaturated/α-hetero) is 1. The number of hydrogen-bond donors (Lipinski definition) is 1. The Labute approximate surface area is 155 Å². The summed E-state index contributed by atoms with van der Waals surface area (Å²) in [5.41, 5.74) is 0.437. The van der Waals surface area contributed by atoms with Crippen LogP contribution in [-0.4, -0.2) is 33.7 Å². The maximum Gasteiger partial charge on any atom is 0.360 e. The topological polar surface area (TPSA) is 98.8 Å². The van der Waals surface area contributed by atoms with Crippen LogP contribution in [0.15, 0.2) is 34.8 Å². The number of carbonyl (C=O) groups excluding carboxylic acids is 1. The molecule has 1 aromatic rings. The molecular weight excluding hydrogens is 433 g/mol. The Bertz CT molecular complexity index is 859. The number of ketones is 1. The maximum absolute atomic E-state index is 13.6. The molecule has 0 amide bonds. The number of allylic oxidation sites excluding steroid dienone is 1. The fourth-order valence-corrected chi connectivity index (χ4v) is 7.05. The van der Waals surface area contributed by atoms with Crippen LogP contribution in [0.3, 0.4) is 0 Å². The van der Waals surface area contributed by atoms with Crippen molar-refractivity contribution in [3.05, 3.63) is 46.0 Å². The third-order valence-electron chi connectivity index (χ3n) is 3.51. The summed E-state index contributed by atoms with van der Waals surface area (Å²) < 4.78 is 51.1. The van der Waals surface area contributed by atoms with Crippen LogP contribution in [0.5, 0.6) is 0 Å². The number of hydrogen-bond acceptors (Lipinski definition) is 6. The molecule has 0 aliphatic heterocycles. The zero-order valence-electron chi connectivity index (χ0n) is 14.0. The summed E-state index contributed by atoms with van der Waals surface area (Å²) in [6.07, 6.45) is 2.20. The van der Waals surface area contributed by atoms with Crippen molar-refractivity contribution in [3.63, 3.8) is 0 Å². The zero-order chi connectivity index (χ0) is 18.9. The van der Waals surface area contributed by atoms with E-state index < -0.39 is 22.9 Å². The van der Waals surface area contributed by atoms with Gasteiger partial charge in [-0.2, -0.15) is 4.72 Å². The van der Waals surface area contributed by atoms with Crippen LogP contribution >= 0.6 is 23.5 Å². The van der Waals surface area contributed by atoms with Gasteiger partial charge >= 0.3 is 7.60 Å². The van der Waals surface area contributed by atoms with E-state index in [1.54, 1.807) is 26.0 Å². The van der Waals surface area contributed by atoms with Crippen molar-refractivity contribution < 1.29 is 26.8 Å². The van der Waals surface area contributed by atoms with Crippen LogP contribution in [0.4, 0.5) is 0 Å². The predicted octanol–water partition coefficient (Wildman–Crippen LogP) is 3.13. The largest absolute Gasteiger partial charge is 0.360 e. The maximum atomic E-state index is 13.6. The molecule has 1 atom stereocenters. The molecular formula is C15H19BrNO6PS. The van der Waals surface area contributed by atoms with E-state index in [0.717, 1.165) is 6.26 Å². The monoisotopic (exact) mass is 451 g/mol. The molecule has 2 rings (SSSR count). The smallest absolute Gasteiger partial charge is 0.307 e. The molecule has 0 heterocycles. The standard InChI is InChI=1S/C15H19BrNO6PS/c1-4-22-24(19,23-5-2)15(17-25(3,20)21)10-13(16)14(18)11-8-6-7-9-12(11)15/h6-10,17H,4-5H2,1-3H3. The van der Waals surface area contributed by atoms with E-state index in [1.807, 2.05) is 0 Å². The number of fused-ring (bicyclic) bond motifs is 1. The average Bonchev–Trinajstić information content (AvgIpc) is 2.51. The minimum atomic E-state index is -4.07. The molecule has 25 heavy (non-hydrogen) atoms. The van der Waals surface area contributed by atoms with Crippen LogP contribution in [0.1, 0.15) is 29.8 Å². The van der Waals surface area contributed by atoms with Crippen LogP contribution < -0.4 is 4.72 Å². The highest BCUT2D eigenvalue weighted by molar-refractivity contribution is 9.12. The van der Waals surface area contributed by atoms with Gasteiger partial charge in [0.05, 0.1) is 24.0 Å². The second kappa shape index (κ2) is 7.42. The Morgan fingerprint density at radius 3 is 2.28 bits per heavy atom. The minimum absolute atomic E-state index is 0.0338. The molecule has 7 nitrogen and oxygen atoms in total. The number of carbonyl (C=O) groups is 1. The number of benzene rings is 1.